The van der Waals surface area contributed by atoms with Gasteiger partial charge in [0.15, 0.2) is 18.2 Å². The minimum absolute atomic E-state index is 0.00547. The Labute approximate surface area is 885 Å². The second-order valence-corrected chi connectivity index (χ2v) is 46.3. The molecular weight excluding hydrogens is 1860 g/mol. The van der Waals surface area contributed by atoms with Crippen molar-refractivity contribution in [3.05, 3.63) is 279 Å². The molecule has 0 spiro atoms. The number of pyridine rings is 4. The van der Waals surface area contributed by atoms with Gasteiger partial charge in [-0.15, -0.1) is 0 Å². The van der Waals surface area contributed by atoms with E-state index in [4.69, 9.17) is 78.0 Å². The van der Waals surface area contributed by atoms with Gasteiger partial charge in [0.1, 0.15) is 60.8 Å². The standard InChI is InChI=1S/C17H25NO2.C16H18ClNO.C16H23NO3.C14H22O2.C13H19FO2.C12H19NO2.C12H19NO.C12H18O2.C10H15NO/c1-17(2,3)14-7-4-8-15(13-14)20-12-6-11-18-10-5-9-16(18)19;1-16(2,3)12-7-8-14(17)15(10-12)19-11-13-6-4-5-9-18-13;1-16(2,3)13-5-4-6-14(11-13)20-12-15(18)17-7-9-19-10-8-17;1-13(2,3)11-7-6-8-12(9-11)16-14(4,5)10-15;1-13(2,3)10-5-6-12(11(14)9-10)16-8-7-15-4;1-12(2,3)10-5-6-11(13-9-10)15-8-7-14-4;1-9(2)14-11-7-6-10(8-13-11)12(3,4)5;1-12(2,3)10-5-4-6-11(9-10)14-8-7-13;1-10(2,3)8-5-6-9(12-4)11-7-8/h4,7-8,13H,5-6,9-12H2,1-3H3;4-10H,11H2,1-3H3;4-6,11H,7-10,12H2,1-3H3;6-9,15H,10H2,1-5H3;5-6,9H,7-8H2,1-4H3;5-6,9H,7-8H2,1-4H3;6-9H,1-5H3;4-6,9,13H,7-8H2,1-3H3;5-7H,1-4H3/i;;;;;;;;4D3. The lowest BCUT2D eigenvalue weighted by Crippen LogP contribution is -2.42. The zero-order valence-corrected chi connectivity index (χ0v) is 95.0. The molecule has 2 aliphatic rings. The molecule has 24 heteroatoms. The fourth-order valence-corrected chi connectivity index (χ4v) is 13.5. The number of hydrogen-bond donors (Lipinski definition) is 2. The molecule has 6 aromatic carbocycles. The summed E-state index contributed by atoms with van der Waals surface area (Å²) in [5.41, 5.74) is 11.8. The summed E-state index contributed by atoms with van der Waals surface area (Å²) in [4.78, 5) is 43.9. The maximum Gasteiger partial charge on any atom is 0.260 e. The van der Waals surface area contributed by atoms with E-state index in [1.54, 1.807) is 43.6 Å². The maximum atomic E-state index is 13.6. The van der Waals surface area contributed by atoms with Crippen LogP contribution in [0.2, 0.25) is 5.02 Å². The number of aliphatic hydroxyl groups is 2. The third-order valence-electron chi connectivity index (χ3n) is 22.7. The van der Waals surface area contributed by atoms with Gasteiger partial charge in [0.2, 0.25) is 23.5 Å². The number of halogens is 2. The van der Waals surface area contributed by atoms with Crippen LogP contribution in [0.15, 0.2) is 213 Å². The van der Waals surface area contributed by atoms with Gasteiger partial charge in [0.25, 0.3) is 5.91 Å². The van der Waals surface area contributed by atoms with E-state index in [9.17, 15) is 14.0 Å². The number of hydrogen-bond acceptors (Lipinski definition) is 20. The molecule has 0 saturated carbocycles. The van der Waals surface area contributed by atoms with E-state index in [1.807, 2.05) is 193 Å². The SMILES string of the molecule is CC(C)(C)c1ccc(Cl)c(OCc2ccccn2)c1.CC(C)(C)c1cccc(OCC(=O)N2CCOCC2)c1.CC(C)(C)c1cccc(OCCCN2CCCC2=O)c1.CC(C)(C)c1cccc(OCCO)c1.CC(C)(CO)Oc1cccc(C(C)(C)C)c1.CC(C)Oc1ccc(C(C)(C)C)cn1.COCCOc1ccc(C(C)(C)C)cc1F.COCCOc1ccc(C(C)(C)C)cn1.[2H]C([2H])([2H])Oc1ccc(C(C)(C)C)cn1. The van der Waals surface area contributed by atoms with Crippen LogP contribution in [0.5, 0.6) is 52.1 Å². The molecule has 22 nitrogen and oxygen atoms in total. The summed E-state index contributed by atoms with van der Waals surface area (Å²) in [5, 5.41) is 18.4. The van der Waals surface area contributed by atoms with Crippen molar-refractivity contribution in [2.45, 2.75) is 301 Å². The molecule has 10 aromatic rings. The molecule has 4 aromatic heterocycles. The lowest BCUT2D eigenvalue weighted by atomic mass is 9.87. The number of carbonyl (C=O) groups excluding carboxylic acids is 2. The van der Waals surface area contributed by atoms with Gasteiger partial charge in [-0.25, -0.2) is 19.3 Å². The highest BCUT2D eigenvalue weighted by Crippen LogP contribution is 2.36. The van der Waals surface area contributed by atoms with Crippen molar-refractivity contribution < 1.29 is 85.1 Å². The van der Waals surface area contributed by atoms with Crippen LogP contribution in [-0.4, -0.2) is 184 Å². The Morgan fingerprint density at radius 1 is 0.438 bits per heavy atom. The van der Waals surface area contributed by atoms with Gasteiger partial charge in [-0.1, -0.05) is 283 Å². The van der Waals surface area contributed by atoms with Crippen LogP contribution in [0, 0.1) is 5.82 Å². The van der Waals surface area contributed by atoms with Crippen molar-refractivity contribution in [1.82, 2.24) is 29.7 Å². The van der Waals surface area contributed by atoms with Crippen LogP contribution in [0.4, 0.5) is 4.39 Å². The number of aromatic nitrogens is 4. The fraction of sp³-hybridized carbons (Fsp3) is 0.525. The summed E-state index contributed by atoms with van der Waals surface area (Å²) < 4.78 is 98.4. The molecule has 0 atom stereocenters. The summed E-state index contributed by atoms with van der Waals surface area (Å²) in [6.45, 7) is 73.5. The summed E-state index contributed by atoms with van der Waals surface area (Å²) in [6.07, 6.45) is 9.95. The molecule has 0 aliphatic carbocycles. The summed E-state index contributed by atoms with van der Waals surface area (Å²) in [7, 11) is 0.804. The molecule has 0 bridgehead atoms. The molecule has 6 heterocycles. The normalized spacial score (nSPS) is 13.2. The van der Waals surface area contributed by atoms with E-state index in [0.29, 0.717) is 107 Å². The Morgan fingerprint density at radius 3 is 1.27 bits per heavy atom. The van der Waals surface area contributed by atoms with E-state index >= 15 is 0 Å². The van der Waals surface area contributed by atoms with E-state index in [1.165, 1.54) is 45.0 Å². The molecule has 12 rings (SSSR count). The molecule has 2 saturated heterocycles. The zero-order chi connectivity index (χ0) is 112. The molecule has 2 amide bonds. The largest absolute Gasteiger partial charge is 0.494 e. The molecule has 0 unspecified atom stereocenters. The number of morpholine rings is 1. The number of ether oxygens (including phenoxy) is 12. The Morgan fingerprint density at radius 2 is 0.863 bits per heavy atom. The first-order chi connectivity index (χ1) is 69.2. The first-order valence-electron chi connectivity index (χ1n) is 52.2. The minimum Gasteiger partial charge on any atom is -0.494 e. The minimum atomic E-state index is -2.43. The van der Waals surface area contributed by atoms with Crippen molar-refractivity contribution in [1.29, 1.82) is 0 Å². The van der Waals surface area contributed by atoms with Crippen LogP contribution in [0.1, 0.15) is 294 Å². The van der Waals surface area contributed by atoms with Crippen molar-refractivity contribution in [2.75, 3.05) is 120 Å². The molecule has 2 aliphatic heterocycles. The fourth-order valence-electron chi connectivity index (χ4n) is 13.3. The van der Waals surface area contributed by atoms with Gasteiger partial charge in [-0.3, -0.25) is 14.6 Å². The highest BCUT2D eigenvalue weighted by atomic mass is 35.5. The van der Waals surface area contributed by atoms with Crippen molar-refractivity contribution in [3.8, 4) is 52.1 Å². The number of carbonyl (C=O) groups is 2. The van der Waals surface area contributed by atoms with Gasteiger partial charge in [0.05, 0.1) is 74.2 Å². The van der Waals surface area contributed by atoms with Crippen LogP contribution >= 0.6 is 11.6 Å². The van der Waals surface area contributed by atoms with Gasteiger partial charge >= 0.3 is 0 Å². The van der Waals surface area contributed by atoms with Gasteiger partial charge in [0, 0.05) is 89.8 Å². The van der Waals surface area contributed by atoms with Crippen molar-refractivity contribution in [2.24, 2.45) is 0 Å². The van der Waals surface area contributed by atoms with Crippen LogP contribution in [0.3, 0.4) is 0 Å². The molecular formula is C122H178ClFN6O16. The smallest absolute Gasteiger partial charge is 0.260 e. The Balaban J connectivity index is 0.000000350. The average molecular weight is 2040 g/mol. The highest BCUT2D eigenvalue weighted by molar-refractivity contribution is 6.32. The molecule has 2 N–H and O–H groups in total. The number of aliphatic hydroxyl groups excluding tert-OH is 2. The quantitative estimate of drug-likeness (QED) is 0.0433. The molecule has 0 radical (unpaired) electrons. The predicted molar refractivity (Wildman–Crippen MR) is 593 cm³/mol. The Bertz CT molecular complexity index is 5490. The van der Waals surface area contributed by atoms with Crippen LogP contribution in [-0.2, 0) is 79.1 Å². The van der Waals surface area contributed by atoms with E-state index in [0.717, 1.165) is 65.8 Å². The van der Waals surface area contributed by atoms with E-state index in [2.05, 4.69) is 233 Å². The lowest BCUT2D eigenvalue weighted by Gasteiger charge is -2.26. The third-order valence-corrected chi connectivity index (χ3v) is 23.0. The van der Waals surface area contributed by atoms with Crippen LogP contribution < -0.4 is 42.6 Å². The zero-order valence-electron chi connectivity index (χ0n) is 97.3. The monoisotopic (exact) mass is 2040 g/mol. The molecule has 146 heavy (non-hydrogen) atoms. The maximum absolute atomic E-state index is 13.6. The van der Waals surface area contributed by atoms with Gasteiger partial charge in [-0.05, 0) is 224 Å². The topological polar surface area (TPSA) is 243 Å². The number of amides is 2. The number of nitrogens with zero attached hydrogens (tertiary/aromatic N) is 6. The van der Waals surface area contributed by atoms with Gasteiger partial charge < -0.3 is 76.9 Å². The lowest BCUT2D eigenvalue weighted by molar-refractivity contribution is -0.137. The second kappa shape index (κ2) is 61.1. The van der Waals surface area contributed by atoms with Gasteiger partial charge in [-0.2, -0.15) is 0 Å². The summed E-state index contributed by atoms with van der Waals surface area (Å²) in [5.74, 6) is 5.78. The number of benzene rings is 6. The summed E-state index contributed by atoms with van der Waals surface area (Å²) >= 11 is 6.17. The first-order valence-corrected chi connectivity index (χ1v) is 51.1. The van der Waals surface area contributed by atoms with E-state index < -0.39 is 12.6 Å². The average Bonchev–Trinajstić information content (AvgIpc) is 1.02. The Kier molecular flexibility index (Phi) is 51.1. The first kappa shape index (κ1) is 122. The third kappa shape index (κ3) is 50.7. The van der Waals surface area contributed by atoms with Crippen LogP contribution in [0.25, 0.3) is 0 Å². The predicted octanol–water partition coefficient (Wildman–Crippen LogP) is 26.8. The number of likely N-dealkylation sites (tertiary alicyclic amines) is 1. The Hall–Kier alpha value is -10.9. The number of methoxy groups -OCH3 is 3. The van der Waals surface area contributed by atoms with Crippen molar-refractivity contribution in [3.63, 3.8) is 0 Å². The van der Waals surface area contributed by atoms with Crippen molar-refractivity contribution >= 4 is 23.4 Å². The highest BCUT2D eigenvalue weighted by Gasteiger charge is 2.26. The second-order valence-electron chi connectivity index (χ2n) is 45.9. The number of rotatable bonds is 28. The molecule has 806 valence electrons. The van der Waals surface area contributed by atoms with E-state index in [-0.39, 0.29) is 98.0 Å². The summed E-state index contributed by atoms with van der Waals surface area (Å²) in [6, 6.07) is 60.4. The molecule has 2 fully saturated rings.